The molecule has 2 aromatic carbocycles. The highest BCUT2D eigenvalue weighted by molar-refractivity contribution is 7.89. The molecule has 10 nitrogen and oxygen atoms in total. The molecule has 0 spiro atoms. The lowest BCUT2D eigenvalue weighted by Crippen LogP contribution is -2.40. The standard InChI is InChI=1S/C19H21F2N3O7S/c1-29-18-10-13(2-5-17(18)31-19(20)21)12-22-15-4-3-14(11-16(15)24(25)26)32(27,28)23-6-8-30-9-7-23/h2-5,10-11,19,22H,6-9,12H2,1H3. The highest BCUT2D eigenvalue weighted by atomic mass is 32.2. The van der Waals surface area contributed by atoms with Gasteiger partial charge in [-0.05, 0) is 29.8 Å². The van der Waals surface area contributed by atoms with Crippen molar-refractivity contribution >= 4 is 21.4 Å². The van der Waals surface area contributed by atoms with Gasteiger partial charge < -0.3 is 19.5 Å². The number of rotatable bonds is 9. The first-order valence-corrected chi connectivity index (χ1v) is 10.9. The molecule has 0 atom stereocenters. The number of nitro benzene ring substituents is 1. The van der Waals surface area contributed by atoms with E-state index < -0.39 is 27.2 Å². The Bertz CT molecular complexity index is 1080. The number of hydrogen-bond acceptors (Lipinski definition) is 8. The molecular weight excluding hydrogens is 452 g/mol. The molecule has 174 valence electrons. The summed E-state index contributed by atoms with van der Waals surface area (Å²) in [4.78, 5) is 10.7. The van der Waals surface area contributed by atoms with Crippen LogP contribution in [-0.4, -0.2) is 57.7 Å². The summed E-state index contributed by atoms with van der Waals surface area (Å²) in [6.45, 7) is -2.08. The Labute approximate surface area is 182 Å². The molecule has 1 heterocycles. The second-order valence-corrected chi connectivity index (χ2v) is 8.61. The third-order valence-corrected chi connectivity index (χ3v) is 6.60. The van der Waals surface area contributed by atoms with E-state index in [1.807, 2.05) is 0 Å². The maximum absolute atomic E-state index is 12.8. The van der Waals surface area contributed by atoms with Crippen molar-refractivity contribution in [1.29, 1.82) is 0 Å². The summed E-state index contributed by atoms with van der Waals surface area (Å²) < 4.78 is 66.2. The zero-order valence-electron chi connectivity index (χ0n) is 17.0. The molecule has 3 rings (SSSR count). The first kappa shape index (κ1) is 23.6. The van der Waals surface area contributed by atoms with E-state index in [-0.39, 0.29) is 54.9 Å². The van der Waals surface area contributed by atoms with Crippen molar-refractivity contribution in [3.8, 4) is 11.5 Å². The summed E-state index contributed by atoms with van der Waals surface area (Å²) >= 11 is 0. The van der Waals surface area contributed by atoms with Crippen LogP contribution in [0.4, 0.5) is 20.2 Å². The van der Waals surface area contributed by atoms with Crippen molar-refractivity contribution in [1.82, 2.24) is 4.31 Å². The van der Waals surface area contributed by atoms with Crippen LogP contribution in [0.25, 0.3) is 0 Å². The molecule has 13 heteroatoms. The van der Waals surface area contributed by atoms with Gasteiger partial charge in [-0.2, -0.15) is 13.1 Å². The summed E-state index contributed by atoms with van der Waals surface area (Å²) in [5, 5.41) is 14.4. The molecule has 1 aliphatic rings. The van der Waals surface area contributed by atoms with Crippen molar-refractivity contribution in [3.05, 3.63) is 52.1 Å². The fraction of sp³-hybridized carbons (Fsp3) is 0.368. The molecule has 0 radical (unpaired) electrons. The van der Waals surface area contributed by atoms with E-state index in [9.17, 15) is 27.3 Å². The first-order valence-electron chi connectivity index (χ1n) is 9.44. The number of benzene rings is 2. The number of sulfonamides is 1. The van der Waals surface area contributed by atoms with E-state index in [0.717, 1.165) is 6.07 Å². The van der Waals surface area contributed by atoms with Gasteiger partial charge in [0.15, 0.2) is 11.5 Å². The predicted molar refractivity (Wildman–Crippen MR) is 110 cm³/mol. The predicted octanol–water partition coefficient (Wildman–Crippen LogP) is 2.84. The Kier molecular flexibility index (Phi) is 7.43. The summed E-state index contributed by atoms with van der Waals surface area (Å²) in [6.07, 6.45) is 0. The molecule has 0 amide bonds. The van der Waals surface area contributed by atoms with Gasteiger partial charge in [-0.3, -0.25) is 10.1 Å². The molecule has 1 saturated heterocycles. The molecule has 2 aromatic rings. The van der Waals surface area contributed by atoms with E-state index in [1.54, 1.807) is 0 Å². The average molecular weight is 473 g/mol. The smallest absolute Gasteiger partial charge is 0.387 e. The topological polar surface area (TPSA) is 120 Å². The number of ether oxygens (including phenoxy) is 3. The Morgan fingerprint density at radius 3 is 2.53 bits per heavy atom. The van der Waals surface area contributed by atoms with E-state index in [2.05, 4.69) is 10.1 Å². The molecular formula is C19H21F2N3O7S. The first-order chi connectivity index (χ1) is 15.2. The maximum atomic E-state index is 12.8. The lowest BCUT2D eigenvalue weighted by Gasteiger charge is -2.26. The van der Waals surface area contributed by atoms with Crippen LogP contribution >= 0.6 is 0 Å². The molecule has 0 aliphatic carbocycles. The van der Waals surface area contributed by atoms with E-state index >= 15 is 0 Å². The van der Waals surface area contributed by atoms with Gasteiger partial charge in [-0.25, -0.2) is 8.42 Å². The van der Waals surface area contributed by atoms with Crippen molar-refractivity contribution < 1.29 is 36.3 Å². The minimum Gasteiger partial charge on any atom is -0.493 e. The van der Waals surface area contributed by atoms with Crippen LogP contribution in [0.3, 0.4) is 0 Å². The largest absolute Gasteiger partial charge is 0.493 e. The highest BCUT2D eigenvalue weighted by Crippen LogP contribution is 2.32. The van der Waals surface area contributed by atoms with E-state index in [0.29, 0.717) is 5.56 Å². The molecule has 1 aliphatic heterocycles. The number of halogens is 2. The van der Waals surface area contributed by atoms with Gasteiger partial charge in [-0.1, -0.05) is 6.07 Å². The van der Waals surface area contributed by atoms with Gasteiger partial charge in [0.25, 0.3) is 5.69 Å². The monoisotopic (exact) mass is 473 g/mol. The van der Waals surface area contributed by atoms with Gasteiger partial charge in [0.05, 0.1) is 30.1 Å². The summed E-state index contributed by atoms with van der Waals surface area (Å²) in [6, 6.07) is 7.86. The molecule has 0 aromatic heterocycles. The van der Waals surface area contributed by atoms with Gasteiger partial charge in [-0.15, -0.1) is 0 Å². The minimum atomic E-state index is -3.90. The van der Waals surface area contributed by atoms with Crippen LogP contribution in [-0.2, 0) is 21.3 Å². The summed E-state index contributed by atoms with van der Waals surface area (Å²) in [5.74, 6) is -0.0686. The minimum absolute atomic E-state index is 0.0750. The van der Waals surface area contributed by atoms with Crippen molar-refractivity contribution in [2.24, 2.45) is 0 Å². The molecule has 32 heavy (non-hydrogen) atoms. The average Bonchev–Trinajstić information content (AvgIpc) is 2.78. The normalized spacial score (nSPS) is 14.9. The van der Waals surface area contributed by atoms with Crippen LogP contribution in [0.1, 0.15) is 5.56 Å². The Balaban J connectivity index is 1.81. The molecule has 0 saturated carbocycles. The number of anilines is 1. The summed E-state index contributed by atoms with van der Waals surface area (Å²) in [5.41, 5.74) is 0.259. The Hall–Kier alpha value is -3.03. The molecule has 1 fully saturated rings. The number of morpholine rings is 1. The second-order valence-electron chi connectivity index (χ2n) is 6.67. The van der Waals surface area contributed by atoms with Crippen LogP contribution in [0.5, 0.6) is 11.5 Å². The van der Waals surface area contributed by atoms with Crippen LogP contribution in [0.15, 0.2) is 41.3 Å². The number of nitro groups is 1. The van der Waals surface area contributed by atoms with Crippen LogP contribution in [0, 0.1) is 10.1 Å². The molecule has 0 unspecified atom stereocenters. The fourth-order valence-electron chi connectivity index (χ4n) is 3.12. The third-order valence-electron chi connectivity index (χ3n) is 4.70. The number of methoxy groups -OCH3 is 1. The number of hydrogen-bond donors (Lipinski definition) is 1. The van der Waals surface area contributed by atoms with Gasteiger partial charge in [0, 0.05) is 25.7 Å². The van der Waals surface area contributed by atoms with Gasteiger partial charge in [0.2, 0.25) is 10.0 Å². The number of alkyl halides is 2. The Morgan fingerprint density at radius 1 is 1.19 bits per heavy atom. The zero-order valence-corrected chi connectivity index (χ0v) is 17.8. The van der Waals surface area contributed by atoms with Gasteiger partial charge in [0.1, 0.15) is 5.69 Å². The van der Waals surface area contributed by atoms with Crippen LogP contribution < -0.4 is 14.8 Å². The maximum Gasteiger partial charge on any atom is 0.387 e. The van der Waals surface area contributed by atoms with Crippen molar-refractivity contribution in [2.45, 2.75) is 18.1 Å². The van der Waals surface area contributed by atoms with Crippen molar-refractivity contribution in [3.63, 3.8) is 0 Å². The number of nitrogens with zero attached hydrogens (tertiary/aromatic N) is 2. The fourth-order valence-corrected chi connectivity index (χ4v) is 4.55. The lowest BCUT2D eigenvalue weighted by atomic mass is 10.2. The highest BCUT2D eigenvalue weighted by Gasteiger charge is 2.28. The summed E-state index contributed by atoms with van der Waals surface area (Å²) in [7, 11) is -2.60. The lowest BCUT2D eigenvalue weighted by molar-refractivity contribution is -0.384. The van der Waals surface area contributed by atoms with Crippen molar-refractivity contribution in [2.75, 3.05) is 38.7 Å². The second kappa shape index (κ2) is 10.1. The van der Waals surface area contributed by atoms with Crippen LogP contribution in [0.2, 0.25) is 0 Å². The third kappa shape index (κ3) is 5.41. The van der Waals surface area contributed by atoms with Gasteiger partial charge >= 0.3 is 6.61 Å². The quantitative estimate of drug-likeness (QED) is 0.436. The Morgan fingerprint density at radius 2 is 1.91 bits per heavy atom. The number of nitrogens with one attached hydrogen (secondary N) is 1. The SMILES string of the molecule is COc1cc(CNc2ccc(S(=O)(=O)N3CCOCC3)cc2[N+](=O)[O-])ccc1OC(F)F. The zero-order chi connectivity index (χ0) is 23.3. The molecule has 0 bridgehead atoms. The van der Waals surface area contributed by atoms with E-state index in [1.165, 1.54) is 41.7 Å². The molecule has 1 N–H and O–H groups in total. The van der Waals surface area contributed by atoms with E-state index in [4.69, 9.17) is 9.47 Å².